The fourth-order valence-corrected chi connectivity index (χ4v) is 2.79. The van der Waals surface area contributed by atoms with Gasteiger partial charge in [0, 0.05) is 16.1 Å². The standard InChI is InChI=1S/C11H5BrCl2FNO2/c1-18-11(17)4-3-16-6-2-5(13)10(15)9(14)7(6)8(4)12/h2-3H,1H3. The number of fused-ring (bicyclic) bond motifs is 1. The number of esters is 1. The molecule has 0 spiro atoms. The Balaban J connectivity index is 2.86. The summed E-state index contributed by atoms with van der Waals surface area (Å²) in [5, 5.41) is -0.0400. The third kappa shape index (κ3) is 2.06. The molecule has 2 rings (SSSR count). The van der Waals surface area contributed by atoms with Gasteiger partial charge in [-0.2, -0.15) is 0 Å². The molecule has 1 aromatic carbocycles. The number of benzene rings is 1. The minimum absolute atomic E-state index is 0.127. The molecule has 0 bridgehead atoms. The first-order chi connectivity index (χ1) is 8.47. The molecule has 0 fully saturated rings. The number of nitrogens with zero attached hydrogens (tertiary/aromatic N) is 1. The summed E-state index contributed by atoms with van der Waals surface area (Å²) < 4.78 is 18.5. The lowest BCUT2D eigenvalue weighted by atomic mass is 10.1. The molecular weight excluding hydrogens is 348 g/mol. The number of rotatable bonds is 1. The van der Waals surface area contributed by atoms with Crippen molar-refractivity contribution in [2.75, 3.05) is 7.11 Å². The van der Waals surface area contributed by atoms with Crippen molar-refractivity contribution in [2.24, 2.45) is 0 Å². The van der Waals surface area contributed by atoms with Crippen LogP contribution in [0.2, 0.25) is 10.0 Å². The zero-order valence-electron chi connectivity index (χ0n) is 8.93. The van der Waals surface area contributed by atoms with E-state index in [0.717, 1.165) is 0 Å². The van der Waals surface area contributed by atoms with Crippen molar-refractivity contribution in [3.63, 3.8) is 0 Å². The molecule has 94 valence electrons. The van der Waals surface area contributed by atoms with Gasteiger partial charge in [0.2, 0.25) is 0 Å². The highest BCUT2D eigenvalue weighted by Crippen LogP contribution is 2.36. The largest absolute Gasteiger partial charge is 0.465 e. The summed E-state index contributed by atoms with van der Waals surface area (Å²) in [6.07, 6.45) is 1.31. The third-order valence-corrected chi connectivity index (χ3v) is 3.79. The molecule has 0 amide bonds. The Morgan fingerprint density at radius 3 is 2.78 bits per heavy atom. The van der Waals surface area contributed by atoms with Gasteiger partial charge in [-0.25, -0.2) is 9.18 Å². The molecule has 1 aromatic heterocycles. The van der Waals surface area contributed by atoms with Gasteiger partial charge in [0.05, 0.1) is 28.2 Å². The van der Waals surface area contributed by atoms with Crippen LogP contribution in [0, 0.1) is 5.82 Å². The van der Waals surface area contributed by atoms with Crippen molar-refractivity contribution >= 4 is 56.0 Å². The summed E-state index contributed by atoms with van der Waals surface area (Å²) in [4.78, 5) is 15.5. The van der Waals surface area contributed by atoms with Crippen molar-refractivity contribution in [3.05, 3.63) is 38.2 Å². The highest BCUT2D eigenvalue weighted by molar-refractivity contribution is 9.10. The van der Waals surface area contributed by atoms with E-state index in [0.29, 0.717) is 9.99 Å². The number of pyridine rings is 1. The fraction of sp³-hybridized carbons (Fsp3) is 0.0909. The molecular formula is C11H5BrCl2FNO2. The van der Waals surface area contributed by atoms with Crippen molar-refractivity contribution < 1.29 is 13.9 Å². The van der Waals surface area contributed by atoms with E-state index in [-0.39, 0.29) is 21.0 Å². The molecule has 2 aromatic rings. The van der Waals surface area contributed by atoms with Gasteiger partial charge >= 0.3 is 5.97 Å². The molecule has 3 nitrogen and oxygen atoms in total. The van der Waals surface area contributed by atoms with Crippen LogP contribution in [0.3, 0.4) is 0 Å². The second kappa shape index (κ2) is 4.99. The van der Waals surface area contributed by atoms with Crippen LogP contribution in [0.25, 0.3) is 10.9 Å². The van der Waals surface area contributed by atoms with Crippen LogP contribution in [0.5, 0.6) is 0 Å². The number of halogens is 4. The van der Waals surface area contributed by atoms with Crippen LogP contribution in [0.4, 0.5) is 4.39 Å². The molecule has 18 heavy (non-hydrogen) atoms. The van der Waals surface area contributed by atoms with Gasteiger partial charge in [0.25, 0.3) is 0 Å². The summed E-state index contributed by atoms with van der Waals surface area (Å²) in [7, 11) is 1.24. The van der Waals surface area contributed by atoms with E-state index in [1.807, 2.05) is 0 Å². The molecule has 1 heterocycles. The number of ether oxygens (including phenoxy) is 1. The van der Waals surface area contributed by atoms with Crippen molar-refractivity contribution in [2.45, 2.75) is 0 Å². The van der Waals surface area contributed by atoms with Gasteiger partial charge in [-0.15, -0.1) is 0 Å². The smallest absolute Gasteiger partial charge is 0.340 e. The first kappa shape index (κ1) is 13.5. The summed E-state index contributed by atoms with van der Waals surface area (Å²) in [6, 6.07) is 1.34. The summed E-state index contributed by atoms with van der Waals surface area (Å²) in [5.74, 6) is -1.35. The Morgan fingerprint density at radius 2 is 2.17 bits per heavy atom. The second-order valence-corrected chi connectivity index (χ2v) is 4.94. The van der Waals surface area contributed by atoms with Crippen LogP contribution in [0.1, 0.15) is 10.4 Å². The molecule has 0 aliphatic carbocycles. The Kier molecular flexibility index (Phi) is 3.75. The molecule has 0 N–H and O–H groups in total. The lowest BCUT2D eigenvalue weighted by molar-refractivity contribution is 0.0599. The first-order valence-electron chi connectivity index (χ1n) is 4.67. The Bertz CT molecular complexity index is 663. The van der Waals surface area contributed by atoms with Crippen LogP contribution in [-0.4, -0.2) is 18.1 Å². The van der Waals surface area contributed by atoms with Gasteiger partial charge in [0.1, 0.15) is 0 Å². The minimum atomic E-state index is -0.754. The number of carbonyl (C=O) groups excluding carboxylic acids is 1. The molecule has 0 radical (unpaired) electrons. The summed E-state index contributed by atoms with van der Waals surface area (Å²) in [5.41, 5.74) is 0.541. The van der Waals surface area contributed by atoms with Crippen LogP contribution in [-0.2, 0) is 4.74 Å². The highest BCUT2D eigenvalue weighted by Gasteiger charge is 2.19. The van der Waals surface area contributed by atoms with E-state index in [9.17, 15) is 9.18 Å². The number of carbonyl (C=O) groups is 1. The fourth-order valence-electron chi connectivity index (χ4n) is 1.47. The highest BCUT2D eigenvalue weighted by atomic mass is 79.9. The molecule has 0 aliphatic rings. The summed E-state index contributed by atoms with van der Waals surface area (Å²) >= 11 is 14.7. The number of aromatic nitrogens is 1. The monoisotopic (exact) mass is 351 g/mol. The molecule has 0 atom stereocenters. The summed E-state index contributed by atoms with van der Waals surface area (Å²) in [6.45, 7) is 0. The average molecular weight is 353 g/mol. The van der Waals surface area contributed by atoms with E-state index in [4.69, 9.17) is 23.2 Å². The first-order valence-corrected chi connectivity index (χ1v) is 6.22. The van der Waals surface area contributed by atoms with Crippen LogP contribution >= 0.6 is 39.1 Å². The van der Waals surface area contributed by atoms with E-state index in [2.05, 4.69) is 25.7 Å². The van der Waals surface area contributed by atoms with Gasteiger partial charge in [-0.3, -0.25) is 4.98 Å². The van der Waals surface area contributed by atoms with E-state index >= 15 is 0 Å². The van der Waals surface area contributed by atoms with Crippen molar-refractivity contribution in [1.82, 2.24) is 4.98 Å². The predicted octanol–water partition coefficient (Wildman–Crippen LogP) is 4.23. The molecule has 7 heteroatoms. The predicted molar refractivity (Wildman–Crippen MR) is 70.8 cm³/mol. The Labute approximate surface area is 120 Å². The Morgan fingerprint density at radius 1 is 1.50 bits per heavy atom. The molecule has 0 saturated heterocycles. The van der Waals surface area contributed by atoms with Crippen LogP contribution < -0.4 is 0 Å². The maximum Gasteiger partial charge on any atom is 0.340 e. The van der Waals surface area contributed by atoms with Crippen molar-refractivity contribution in [3.8, 4) is 0 Å². The number of hydrogen-bond acceptors (Lipinski definition) is 3. The lowest BCUT2D eigenvalue weighted by Gasteiger charge is -2.08. The number of hydrogen-bond donors (Lipinski definition) is 0. The van der Waals surface area contributed by atoms with Gasteiger partial charge in [-0.05, 0) is 22.0 Å². The van der Waals surface area contributed by atoms with Gasteiger partial charge < -0.3 is 4.74 Å². The molecule has 0 unspecified atom stereocenters. The zero-order chi connectivity index (χ0) is 13.4. The SMILES string of the molecule is COC(=O)c1cnc2cc(Cl)c(F)c(Cl)c2c1Br. The molecule has 0 aliphatic heterocycles. The quantitative estimate of drug-likeness (QED) is 0.569. The molecule has 0 saturated carbocycles. The average Bonchev–Trinajstić information content (AvgIpc) is 2.35. The third-order valence-electron chi connectivity index (χ3n) is 2.34. The van der Waals surface area contributed by atoms with E-state index in [1.54, 1.807) is 0 Å². The van der Waals surface area contributed by atoms with Crippen LogP contribution in [0.15, 0.2) is 16.7 Å². The van der Waals surface area contributed by atoms with E-state index < -0.39 is 11.8 Å². The zero-order valence-corrected chi connectivity index (χ0v) is 12.0. The van der Waals surface area contributed by atoms with Gasteiger partial charge in [0.15, 0.2) is 5.82 Å². The minimum Gasteiger partial charge on any atom is -0.465 e. The van der Waals surface area contributed by atoms with Gasteiger partial charge in [-0.1, -0.05) is 23.2 Å². The normalized spacial score (nSPS) is 10.7. The second-order valence-electron chi connectivity index (χ2n) is 3.36. The maximum atomic E-state index is 13.6. The topological polar surface area (TPSA) is 39.2 Å². The van der Waals surface area contributed by atoms with E-state index in [1.165, 1.54) is 19.4 Å². The van der Waals surface area contributed by atoms with Crippen molar-refractivity contribution in [1.29, 1.82) is 0 Å². The Hall–Kier alpha value is -0.910. The number of methoxy groups -OCH3 is 1. The lowest BCUT2D eigenvalue weighted by Crippen LogP contribution is -2.04. The maximum absolute atomic E-state index is 13.6.